The molecule has 0 spiro atoms. The fraction of sp³-hybridized carbons (Fsp3) is 0.185. The van der Waals surface area contributed by atoms with Gasteiger partial charge in [-0.2, -0.15) is 0 Å². The molecule has 0 fully saturated rings. The number of benzene rings is 3. The van der Waals surface area contributed by atoms with E-state index >= 15 is 0 Å². The van der Waals surface area contributed by atoms with E-state index in [0.29, 0.717) is 5.69 Å². The molecule has 0 aliphatic rings. The van der Waals surface area contributed by atoms with Crippen LogP contribution in [0.1, 0.15) is 22.5 Å². The number of amides is 1. The van der Waals surface area contributed by atoms with Gasteiger partial charge in [-0.05, 0) is 56.2 Å². The highest BCUT2D eigenvalue weighted by molar-refractivity contribution is 7.92. The number of nitrogens with zero attached hydrogens (tertiary/aromatic N) is 3. The predicted molar refractivity (Wildman–Crippen MR) is 137 cm³/mol. The number of anilines is 1. The molecule has 8 heteroatoms. The third kappa shape index (κ3) is 5.27. The van der Waals surface area contributed by atoms with Crippen molar-refractivity contribution in [3.05, 3.63) is 108 Å². The van der Waals surface area contributed by atoms with Crippen molar-refractivity contribution in [2.75, 3.05) is 10.8 Å². The molecule has 0 aliphatic heterocycles. The maximum absolute atomic E-state index is 13.6. The van der Waals surface area contributed by atoms with Crippen LogP contribution in [0.2, 0.25) is 0 Å². The molecular weight excluding hydrogens is 460 g/mol. The smallest absolute Gasteiger partial charge is 0.264 e. The molecule has 0 saturated carbocycles. The fourth-order valence-electron chi connectivity index (χ4n) is 3.89. The first-order valence-corrected chi connectivity index (χ1v) is 12.7. The van der Waals surface area contributed by atoms with Crippen molar-refractivity contribution < 1.29 is 13.2 Å². The lowest BCUT2D eigenvalue weighted by Crippen LogP contribution is -2.41. The topological polar surface area (TPSA) is 84.3 Å². The van der Waals surface area contributed by atoms with E-state index in [-0.39, 0.29) is 18.0 Å². The number of rotatable bonds is 8. The van der Waals surface area contributed by atoms with Gasteiger partial charge in [-0.3, -0.25) is 9.10 Å². The van der Waals surface area contributed by atoms with Crippen LogP contribution in [0, 0.1) is 20.8 Å². The monoisotopic (exact) mass is 488 g/mol. The Morgan fingerprint density at radius 1 is 0.943 bits per heavy atom. The summed E-state index contributed by atoms with van der Waals surface area (Å²) in [5.74, 6) is 0.430. The molecule has 35 heavy (non-hydrogen) atoms. The number of hydrogen-bond acceptors (Lipinski definition) is 4. The number of hydrogen-bond donors (Lipinski definition) is 1. The Morgan fingerprint density at radius 3 is 2.31 bits per heavy atom. The lowest BCUT2D eigenvalue weighted by atomic mass is 10.1. The van der Waals surface area contributed by atoms with Crippen LogP contribution in [0.5, 0.6) is 0 Å². The molecule has 7 nitrogen and oxygen atoms in total. The molecule has 180 valence electrons. The first kappa shape index (κ1) is 24.2. The quantitative estimate of drug-likeness (QED) is 0.401. The van der Waals surface area contributed by atoms with Crippen molar-refractivity contribution in [2.24, 2.45) is 0 Å². The van der Waals surface area contributed by atoms with Crippen molar-refractivity contribution in [1.82, 2.24) is 14.9 Å². The van der Waals surface area contributed by atoms with Crippen LogP contribution in [-0.4, -0.2) is 30.4 Å². The SMILES string of the molecule is Cc1ccc(S(=O)(=O)N(CC(=O)NCc2ccccc2-n2ccnc2C)c2ccccc2C)cc1. The van der Waals surface area contributed by atoms with Crippen molar-refractivity contribution in [3.8, 4) is 5.69 Å². The zero-order chi connectivity index (χ0) is 25.0. The molecular formula is C27H28N4O3S. The van der Waals surface area contributed by atoms with E-state index in [9.17, 15) is 13.2 Å². The molecule has 0 aliphatic carbocycles. The predicted octanol–water partition coefficient (Wildman–Crippen LogP) is 4.31. The Kier molecular flexibility index (Phi) is 7.02. The second-order valence-electron chi connectivity index (χ2n) is 8.36. The average molecular weight is 489 g/mol. The largest absolute Gasteiger partial charge is 0.350 e. The third-order valence-corrected chi connectivity index (χ3v) is 7.61. The van der Waals surface area contributed by atoms with Crippen LogP contribution in [0.15, 0.2) is 90.1 Å². The third-order valence-electron chi connectivity index (χ3n) is 5.83. The molecule has 1 N–H and O–H groups in total. The van der Waals surface area contributed by atoms with Crippen LogP contribution in [0.25, 0.3) is 5.69 Å². The first-order chi connectivity index (χ1) is 16.8. The van der Waals surface area contributed by atoms with Gasteiger partial charge in [0.15, 0.2) is 0 Å². The Morgan fingerprint density at radius 2 is 1.63 bits per heavy atom. The Hall–Kier alpha value is -3.91. The molecule has 1 amide bonds. The number of aromatic nitrogens is 2. The summed E-state index contributed by atoms with van der Waals surface area (Å²) in [6.07, 6.45) is 3.59. The summed E-state index contributed by atoms with van der Waals surface area (Å²) in [5, 5.41) is 2.89. The number of carbonyl (C=O) groups is 1. The maximum atomic E-state index is 13.6. The van der Waals surface area contributed by atoms with E-state index in [1.54, 1.807) is 42.6 Å². The molecule has 4 aromatic rings. The normalized spacial score (nSPS) is 11.3. The van der Waals surface area contributed by atoms with Crippen LogP contribution in [0.4, 0.5) is 5.69 Å². The van der Waals surface area contributed by atoms with Gasteiger partial charge in [-0.15, -0.1) is 0 Å². The van der Waals surface area contributed by atoms with Gasteiger partial charge in [0, 0.05) is 18.9 Å². The molecule has 0 atom stereocenters. The summed E-state index contributed by atoms with van der Waals surface area (Å²) in [6, 6.07) is 21.5. The van der Waals surface area contributed by atoms with E-state index in [1.807, 2.05) is 67.9 Å². The van der Waals surface area contributed by atoms with E-state index in [0.717, 1.165) is 28.2 Å². The number of sulfonamides is 1. The molecule has 1 heterocycles. The maximum Gasteiger partial charge on any atom is 0.264 e. The molecule has 0 radical (unpaired) electrons. The zero-order valence-electron chi connectivity index (χ0n) is 20.0. The summed E-state index contributed by atoms with van der Waals surface area (Å²) in [4.78, 5) is 17.5. The number of imidazole rings is 1. The fourth-order valence-corrected chi connectivity index (χ4v) is 5.37. The molecule has 0 unspecified atom stereocenters. The molecule has 3 aromatic carbocycles. The van der Waals surface area contributed by atoms with Gasteiger partial charge >= 0.3 is 0 Å². The van der Waals surface area contributed by atoms with Gasteiger partial charge in [0.05, 0.1) is 16.3 Å². The highest BCUT2D eigenvalue weighted by Gasteiger charge is 2.28. The number of para-hydroxylation sites is 2. The van der Waals surface area contributed by atoms with E-state index in [2.05, 4.69) is 10.3 Å². The molecule has 4 rings (SSSR count). The summed E-state index contributed by atoms with van der Waals surface area (Å²) < 4.78 is 30.3. The summed E-state index contributed by atoms with van der Waals surface area (Å²) in [7, 11) is -3.96. The van der Waals surface area contributed by atoms with Gasteiger partial charge in [0.2, 0.25) is 5.91 Å². The minimum absolute atomic E-state index is 0.139. The zero-order valence-corrected chi connectivity index (χ0v) is 20.8. The van der Waals surface area contributed by atoms with Crippen LogP contribution < -0.4 is 9.62 Å². The summed E-state index contributed by atoms with van der Waals surface area (Å²) in [5.41, 5.74) is 3.99. The van der Waals surface area contributed by atoms with Crippen LogP contribution in [-0.2, 0) is 21.4 Å². The van der Waals surface area contributed by atoms with Gasteiger partial charge < -0.3 is 9.88 Å². The minimum atomic E-state index is -3.96. The Labute approximate surface area is 206 Å². The van der Waals surface area contributed by atoms with E-state index in [4.69, 9.17) is 0 Å². The van der Waals surface area contributed by atoms with Crippen LogP contribution in [0.3, 0.4) is 0 Å². The highest BCUT2D eigenvalue weighted by Crippen LogP contribution is 2.27. The second kappa shape index (κ2) is 10.1. The second-order valence-corrected chi connectivity index (χ2v) is 10.2. The van der Waals surface area contributed by atoms with E-state index < -0.39 is 15.9 Å². The van der Waals surface area contributed by atoms with Gasteiger partial charge in [-0.1, -0.05) is 54.1 Å². The van der Waals surface area contributed by atoms with Gasteiger partial charge in [0.1, 0.15) is 12.4 Å². The molecule has 0 saturated heterocycles. The highest BCUT2D eigenvalue weighted by atomic mass is 32.2. The first-order valence-electron chi connectivity index (χ1n) is 11.3. The van der Waals surface area contributed by atoms with Crippen molar-refractivity contribution in [1.29, 1.82) is 0 Å². The number of carbonyl (C=O) groups excluding carboxylic acids is 1. The lowest BCUT2D eigenvalue weighted by Gasteiger charge is -2.25. The molecule has 1 aromatic heterocycles. The Balaban J connectivity index is 1.59. The summed E-state index contributed by atoms with van der Waals surface area (Å²) in [6.45, 7) is 5.54. The van der Waals surface area contributed by atoms with E-state index in [1.165, 1.54) is 4.31 Å². The minimum Gasteiger partial charge on any atom is -0.350 e. The average Bonchev–Trinajstić information content (AvgIpc) is 3.27. The van der Waals surface area contributed by atoms with Crippen molar-refractivity contribution in [3.63, 3.8) is 0 Å². The van der Waals surface area contributed by atoms with Gasteiger partial charge in [0.25, 0.3) is 10.0 Å². The number of nitrogens with one attached hydrogen (secondary N) is 1. The molecule has 0 bridgehead atoms. The standard InChI is InChI=1S/C27H28N4O3S/c1-20-12-14-24(15-13-20)35(33,34)31(25-10-6-4-8-21(25)2)19-27(32)29-18-23-9-5-7-11-26(23)30-17-16-28-22(30)3/h4-17H,18-19H2,1-3H3,(H,29,32). The van der Waals surface area contributed by atoms with Crippen molar-refractivity contribution in [2.45, 2.75) is 32.2 Å². The lowest BCUT2D eigenvalue weighted by molar-refractivity contribution is -0.119. The van der Waals surface area contributed by atoms with Crippen molar-refractivity contribution >= 4 is 21.6 Å². The summed E-state index contributed by atoms with van der Waals surface area (Å²) >= 11 is 0. The Bertz CT molecular complexity index is 1440. The van der Waals surface area contributed by atoms with Crippen LogP contribution >= 0.6 is 0 Å². The number of aryl methyl sites for hydroxylation is 3. The van der Waals surface area contributed by atoms with Gasteiger partial charge in [-0.25, -0.2) is 13.4 Å².